The van der Waals surface area contributed by atoms with Crippen molar-refractivity contribution in [3.8, 4) is 0 Å². The van der Waals surface area contributed by atoms with Crippen LogP contribution in [0.3, 0.4) is 0 Å². The Morgan fingerprint density at radius 1 is 1.28 bits per heavy atom. The Labute approximate surface area is 114 Å². The molecule has 0 aliphatic carbocycles. The number of nitrogens with zero attached hydrogens (tertiary/aromatic N) is 2. The number of methoxy groups -OCH3 is 1. The molecule has 4 nitrogen and oxygen atoms in total. The van der Waals surface area contributed by atoms with Crippen molar-refractivity contribution in [1.29, 1.82) is 0 Å². The maximum Gasteiger partial charge on any atom is 0.123 e. The fraction of sp³-hybridized carbons (Fsp3) is 0.846. The Hall–Kier alpha value is -0.520. The number of aryl methyl sites for hydroxylation is 1. The molecule has 5 heteroatoms. The predicted octanol–water partition coefficient (Wildman–Crippen LogP) is 2.39. The van der Waals surface area contributed by atoms with Crippen molar-refractivity contribution in [2.24, 2.45) is 0 Å². The van der Waals surface area contributed by atoms with E-state index in [4.69, 9.17) is 4.74 Å². The third-order valence-electron chi connectivity index (χ3n) is 3.16. The second-order valence-electron chi connectivity index (χ2n) is 5.08. The normalized spacial score (nSPS) is 12.0. The van der Waals surface area contributed by atoms with E-state index >= 15 is 0 Å². The molecule has 0 aromatic carbocycles. The summed E-state index contributed by atoms with van der Waals surface area (Å²) in [5, 5.41) is 14.2. The van der Waals surface area contributed by atoms with Gasteiger partial charge in [-0.05, 0) is 19.4 Å². The van der Waals surface area contributed by atoms with E-state index in [0.29, 0.717) is 0 Å². The summed E-state index contributed by atoms with van der Waals surface area (Å²) in [7, 11) is 1.72. The molecule has 0 bridgehead atoms. The van der Waals surface area contributed by atoms with Crippen molar-refractivity contribution >= 4 is 11.3 Å². The summed E-state index contributed by atoms with van der Waals surface area (Å²) in [4.78, 5) is 0. The Morgan fingerprint density at radius 2 is 2.06 bits per heavy atom. The van der Waals surface area contributed by atoms with Gasteiger partial charge in [-0.3, -0.25) is 0 Å². The number of ether oxygens (including phenoxy) is 1. The molecule has 0 fully saturated rings. The van der Waals surface area contributed by atoms with Crippen LogP contribution in [0.25, 0.3) is 0 Å². The van der Waals surface area contributed by atoms with Crippen molar-refractivity contribution in [3.63, 3.8) is 0 Å². The molecular formula is C13H25N3OS. The molecule has 0 saturated carbocycles. The summed E-state index contributed by atoms with van der Waals surface area (Å²) < 4.78 is 4.98. The first-order chi connectivity index (χ1) is 8.60. The third kappa shape index (κ3) is 5.00. The van der Waals surface area contributed by atoms with E-state index in [9.17, 15) is 0 Å². The van der Waals surface area contributed by atoms with Crippen molar-refractivity contribution in [2.75, 3.05) is 26.8 Å². The van der Waals surface area contributed by atoms with Gasteiger partial charge in [0, 0.05) is 25.5 Å². The van der Waals surface area contributed by atoms with Crippen LogP contribution >= 0.6 is 11.3 Å². The number of nitrogens with one attached hydrogen (secondary N) is 1. The lowest BCUT2D eigenvalue weighted by atomic mass is 9.91. The maximum absolute atomic E-state index is 4.98. The molecule has 1 N–H and O–H groups in total. The minimum absolute atomic E-state index is 0.159. The highest BCUT2D eigenvalue weighted by molar-refractivity contribution is 7.11. The Balaban J connectivity index is 2.27. The highest BCUT2D eigenvalue weighted by Crippen LogP contribution is 2.29. The smallest absolute Gasteiger partial charge is 0.123 e. The lowest BCUT2D eigenvalue weighted by molar-refractivity contribution is 0.199. The van der Waals surface area contributed by atoms with Crippen molar-refractivity contribution in [1.82, 2.24) is 15.5 Å². The summed E-state index contributed by atoms with van der Waals surface area (Å²) in [5.74, 6) is 0. The average molecular weight is 271 g/mol. The van der Waals surface area contributed by atoms with E-state index in [-0.39, 0.29) is 5.41 Å². The number of hydrogen-bond acceptors (Lipinski definition) is 5. The highest BCUT2D eigenvalue weighted by Gasteiger charge is 2.22. The van der Waals surface area contributed by atoms with Crippen molar-refractivity contribution in [3.05, 3.63) is 10.0 Å². The molecule has 0 amide bonds. The molecular weight excluding hydrogens is 246 g/mol. The molecule has 0 aliphatic rings. The molecule has 104 valence electrons. The van der Waals surface area contributed by atoms with Gasteiger partial charge in [0.2, 0.25) is 0 Å². The van der Waals surface area contributed by atoms with Gasteiger partial charge >= 0.3 is 0 Å². The summed E-state index contributed by atoms with van der Waals surface area (Å²) in [5.41, 5.74) is 0.159. The first-order valence-electron chi connectivity index (χ1n) is 6.62. The van der Waals surface area contributed by atoms with Crippen LogP contribution in [0, 0.1) is 0 Å². The fourth-order valence-corrected chi connectivity index (χ4v) is 2.50. The summed E-state index contributed by atoms with van der Waals surface area (Å²) in [6, 6.07) is 0. The van der Waals surface area contributed by atoms with Gasteiger partial charge in [0.1, 0.15) is 10.0 Å². The number of hydrogen-bond donors (Lipinski definition) is 1. The van der Waals surface area contributed by atoms with Crippen LogP contribution in [0.1, 0.15) is 43.6 Å². The molecule has 0 saturated heterocycles. The lowest BCUT2D eigenvalue weighted by Crippen LogP contribution is -2.20. The molecule has 1 aromatic heterocycles. The largest absolute Gasteiger partial charge is 0.383 e. The van der Waals surface area contributed by atoms with Crippen LogP contribution in [0.4, 0.5) is 0 Å². The van der Waals surface area contributed by atoms with Gasteiger partial charge < -0.3 is 10.1 Å². The molecule has 1 heterocycles. The third-order valence-corrected chi connectivity index (χ3v) is 4.51. The van der Waals surface area contributed by atoms with Crippen LogP contribution in [0.2, 0.25) is 0 Å². The molecule has 1 rings (SSSR count). The standard InChI is InChI=1S/C13H25N3OS/c1-5-13(2,3)12-16-15-11(18-12)7-6-8-14-9-10-17-4/h14H,5-10H2,1-4H3. The van der Waals surface area contributed by atoms with E-state index in [1.165, 1.54) is 0 Å². The van der Waals surface area contributed by atoms with Gasteiger partial charge in [0.25, 0.3) is 0 Å². The quantitative estimate of drug-likeness (QED) is 0.701. The second-order valence-corrected chi connectivity index (χ2v) is 6.15. The van der Waals surface area contributed by atoms with E-state index < -0.39 is 0 Å². The van der Waals surface area contributed by atoms with E-state index in [2.05, 4.69) is 36.3 Å². The number of aromatic nitrogens is 2. The van der Waals surface area contributed by atoms with Gasteiger partial charge in [-0.1, -0.05) is 20.8 Å². The zero-order valence-electron chi connectivity index (χ0n) is 12.0. The minimum Gasteiger partial charge on any atom is -0.383 e. The van der Waals surface area contributed by atoms with Crippen molar-refractivity contribution in [2.45, 2.75) is 45.4 Å². The molecule has 0 radical (unpaired) electrons. The first-order valence-corrected chi connectivity index (χ1v) is 7.44. The molecule has 18 heavy (non-hydrogen) atoms. The lowest BCUT2D eigenvalue weighted by Gasteiger charge is -2.17. The van der Waals surface area contributed by atoms with E-state index in [1.807, 2.05) is 0 Å². The topological polar surface area (TPSA) is 47.0 Å². The molecule has 0 unspecified atom stereocenters. The minimum atomic E-state index is 0.159. The highest BCUT2D eigenvalue weighted by atomic mass is 32.1. The SMILES string of the molecule is CCC(C)(C)c1nnc(CCCNCCOC)s1. The number of rotatable bonds is 9. The zero-order chi connectivity index (χ0) is 13.4. The Bertz CT molecular complexity index is 339. The first kappa shape index (κ1) is 15.5. The molecule has 0 atom stereocenters. The van der Waals surface area contributed by atoms with Gasteiger partial charge in [0.15, 0.2) is 0 Å². The van der Waals surface area contributed by atoms with Crippen LogP contribution in [0.5, 0.6) is 0 Å². The predicted molar refractivity (Wildman–Crippen MR) is 76.3 cm³/mol. The fourth-order valence-electron chi connectivity index (χ4n) is 1.44. The van der Waals surface area contributed by atoms with Crippen molar-refractivity contribution < 1.29 is 4.74 Å². The molecule has 1 aromatic rings. The second kappa shape index (κ2) is 7.81. The van der Waals surface area contributed by atoms with E-state index in [0.717, 1.165) is 49.0 Å². The van der Waals surface area contributed by atoms with Gasteiger partial charge in [-0.25, -0.2) is 0 Å². The summed E-state index contributed by atoms with van der Waals surface area (Å²) in [6.07, 6.45) is 3.21. The summed E-state index contributed by atoms with van der Waals surface area (Å²) in [6.45, 7) is 9.35. The average Bonchev–Trinajstić information content (AvgIpc) is 2.83. The molecule has 0 spiro atoms. The van der Waals surface area contributed by atoms with E-state index in [1.54, 1.807) is 18.4 Å². The molecule has 0 aliphatic heterocycles. The van der Waals surface area contributed by atoms with Gasteiger partial charge in [-0.15, -0.1) is 21.5 Å². The zero-order valence-corrected chi connectivity index (χ0v) is 12.8. The monoisotopic (exact) mass is 271 g/mol. The Morgan fingerprint density at radius 3 is 2.72 bits per heavy atom. The van der Waals surface area contributed by atoms with Gasteiger partial charge in [-0.2, -0.15) is 0 Å². The Kier molecular flexibility index (Phi) is 6.75. The van der Waals surface area contributed by atoms with Crippen LogP contribution in [-0.2, 0) is 16.6 Å². The van der Waals surface area contributed by atoms with Crippen LogP contribution < -0.4 is 5.32 Å². The maximum atomic E-state index is 4.98. The van der Waals surface area contributed by atoms with Crippen LogP contribution in [-0.4, -0.2) is 37.0 Å². The van der Waals surface area contributed by atoms with Gasteiger partial charge in [0.05, 0.1) is 6.61 Å². The van der Waals surface area contributed by atoms with Crippen LogP contribution in [0.15, 0.2) is 0 Å². The summed E-state index contributed by atoms with van der Waals surface area (Å²) >= 11 is 1.76.